The molecule has 1 aromatic carbocycles. The Balaban J connectivity index is 1.56. The Morgan fingerprint density at radius 3 is 2.63 bits per heavy atom. The van der Waals surface area contributed by atoms with E-state index in [1.54, 1.807) is 0 Å². The fourth-order valence-corrected chi connectivity index (χ4v) is 2.21. The van der Waals surface area contributed by atoms with Crippen molar-refractivity contribution in [3.8, 4) is 5.75 Å². The molecule has 104 valence electrons. The van der Waals surface area contributed by atoms with Gasteiger partial charge in [-0.2, -0.15) is 0 Å². The minimum absolute atomic E-state index is 0.108. The van der Waals surface area contributed by atoms with Gasteiger partial charge >= 0.3 is 5.97 Å². The zero-order valence-corrected chi connectivity index (χ0v) is 11.1. The molecule has 2 rings (SSSR count). The molecule has 1 aliphatic heterocycles. The summed E-state index contributed by atoms with van der Waals surface area (Å²) in [4.78, 5) is 11.6. The normalized spacial score (nSPS) is 16.0. The summed E-state index contributed by atoms with van der Waals surface area (Å²) >= 11 is 0. The summed E-state index contributed by atoms with van der Waals surface area (Å²) < 4.78 is 10.6. The lowest BCUT2D eigenvalue weighted by atomic mass is 9.95. The third-order valence-electron chi connectivity index (χ3n) is 3.27. The van der Waals surface area contributed by atoms with Crippen LogP contribution in [0.4, 0.5) is 0 Å². The number of rotatable bonds is 6. The zero-order chi connectivity index (χ0) is 13.3. The molecule has 1 aliphatic rings. The van der Waals surface area contributed by atoms with E-state index >= 15 is 0 Å². The van der Waals surface area contributed by atoms with Crippen LogP contribution in [-0.4, -0.2) is 32.3 Å². The molecule has 0 radical (unpaired) electrons. The van der Waals surface area contributed by atoms with Gasteiger partial charge in [0.1, 0.15) is 19.0 Å². The Hall–Kier alpha value is -1.55. The first-order valence-corrected chi connectivity index (χ1v) is 6.89. The molecule has 1 N–H and O–H groups in total. The molecule has 1 aromatic rings. The zero-order valence-electron chi connectivity index (χ0n) is 11.1. The number of benzene rings is 1. The molecule has 0 spiro atoms. The predicted octanol–water partition coefficient (Wildman–Crippen LogP) is 2.00. The number of hydrogen-bond acceptors (Lipinski definition) is 4. The molecule has 19 heavy (non-hydrogen) atoms. The first-order valence-electron chi connectivity index (χ1n) is 6.89. The summed E-state index contributed by atoms with van der Waals surface area (Å²) in [6.07, 6.45) is 2.66. The van der Waals surface area contributed by atoms with E-state index in [4.69, 9.17) is 9.47 Å². The standard InChI is InChI=1S/C15H21NO3/c17-15(12-13-6-8-16-9-7-13)19-11-10-18-14-4-2-1-3-5-14/h1-5,13,16H,6-12H2. The van der Waals surface area contributed by atoms with Crippen LogP contribution in [0.2, 0.25) is 0 Å². The average Bonchev–Trinajstić information content (AvgIpc) is 2.46. The third kappa shape index (κ3) is 5.30. The first kappa shape index (κ1) is 13.9. The number of carbonyl (C=O) groups excluding carboxylic acids is 1. The van der Waals surface area contributed by atoms with Crippen molar-refractivity contribution in [2.45, 2.75) is 19.3 Å². The molecule has 0 aromatic heterocycles. The number of ether oxygens (including phenoxy) is 2. The molecule has 4 nitrogen and oxygen atoms in total. The van der Waals surface area contributed by atoms with Gasteiger partial charge in [-0.3, -0.25) is 4.79 Å². The van der Waals surface area contributed by atoms with Crippen LogP contribution in [-0.2, 0) is 9.53 Å². The van der Waals surface area contributed by atoms with Crippen LogP contribution in [0.15, 0.2) is 30.3 Å². The molecular weight excluding hydrogens is 242 g/mol. The molecule has 4 heteroatoms. The molecule has 0 atom stereocenters. The van der Waals surface area contributed by atoms with Crippen LogP contribution in [0.3, 0.4) is 0 Å². The highest BCUT2D eigenvalue weighted by molar-refractivity contribution is 5.69. The predicted molar refractivity (Wildman–Crippen MR) is 73.1 cm³/mol. The Morgan fingerprint density at radius 1 is 1.16 bits per heavy atom. The highest BCUT2D eigenvalue weighted by Gasteiger charge is 2.17. The first-order chi connectivity index (χ1) is 9.34. The molecule has 1 saturated heterocycles. The highest BCUT2D eigenvalue weighted by Crippen LogP contribution is 2.16. The Labute approximate surface area is 114 Å². The quantitative estimate of drug-likeness (QED) is 0.630. The summed E-state index contributed by atoms with van der Waals surface area (Å²) in [6.45, 7) is 2.74. The minimum atomic E-state index is -0.108. The maximum Gasteiger partial charge on any atom is 0.306 e. The van der Waals surface area contributed by atoms with Crippen molar-refractivity contribution in [2.75, 3.05) is 26.3 Å². The van der Waals surface area contributed by atoms with Gasteiger partial charge in [0.25, 0.3) is 0 Å². The second-order valence-corrected chi connectivity index (χ2v) is 4.78. The lowest BCUT2D eigenvalue weighted by Crippen LogP contribution is -2.29. The van der Waals surface area contributed by atoms with Crippen molar-refractivity contribution in [3.05, 3.63) is 30.3 Å². The van der Waals surface area contributed by atoms with E-state index in [1.807, 2.05) is 30.3 Å². The van der Waals surface area contributed by atoms with Gasteiger partial charge in [0.05, 0.1) is 0 Å². The number of carbonyl (C=O) groups is 1. The van der Waals surface area contributed by atoms with Gasteiger partial charge in [0.15, 0.2) is 0 Å². The van der Waals surface area contributed by atoms with Gasteiger partial charge in [-0.05, 0) is 44.0 Å². The van der Waals surface area contributed by atoms with Crippen molar-refractivity contribution in [1.29, 1.82) is 0 Å². The summed E-state index contributed by atoms with van der Waals surface area (Å²) in [5.41, 5.74) is 0. The fraction of sp³-hybridized carbons (Fsp3) is 0.533. The average molecular weight is 263 g/mol. The molecule has 0 aliphatic carbocycles. The van der Waals surface area contributed by atoms with Gasteiger partial charge < -0.3 is 14.8 Å². The van der Waals surface area contributed by atoms with Crippen LogP contribution < -0.4 is 10.1 Å². The Morgan fingerprint density at radius 2 is 1.89 bits per heavy atom. The summed E-state index contributed by atoms with van der Waals surface area (Å²) in [6, 6.07) is 9.54. The number of esters is 1. The number of nitrogens with one attached hydrogen (secondary N) is 1. The van der Waals surface area contributed by atoms with Gasteiger partial charge in [-0.1, -0.05) is 18.2 Å². The molecule has 0 saturated carbocycles. The lowest BCUT2D eigenvalue weighted by molar-refractivity contribution is -0.145. The second kappa shape index (κ2) is 7.79. The molecule has 1 fully saturated rings. The minimum Gasteiger partial charge on any atom is -0.490 e. The van der Waals surface area contributed by atoms with Crippen LogP contribution in [0.1, 0.15) is 19.3 Å². The van der Waals surface area contributed by atoms with E-state index in [0.29, 0.717) is 25.6 Å². The Bertz CT molecular complexity index is 374. The smallest absolute Gasteiger partial charge is 0.306 e. The van der Waals surface area contributed by atoms with Crippen LogP contribution in [0.25, 0.3) is 0 Å². The highest BCUT2D eigenvalue weighted by atomic mass is 16.6. The molecular formula is C15H21NO3. The monoisotopic (exact) mass is 263 g/mol. The van der Waals surface area contributed by atoms with Crippen molar-refractivity contribution >= 4 is 5.97 Å². The van der Waals surface area contributed by atoms with Gasteiger partial charge in [0.2, 0.25) is 0 Å². The maximum atomic E-state index is 11.6. The number of hydrogen-bond donors (Lipinski definition) is 1. The van der Waals surface area contributed by atoms with Crippen molar-refractivity contribution in [3.63, 3.8) is 0 Å². The number of piperidine rings is 1. The molecule has 1 heterocycles. The van der Waals surface area contributed by atoms with E-state index in [-0.39, 0.29) is 5.97 Å². The second-order valence-electron chi connectivity index (χ2n) is 4.78. The van der Waals surface area contributed by atoms with E-state index < -0.39 is 0 Å². The maximum absolute atomic E-state index is 11.6. The van der Waals surface area contributed by atoms with Gasteiger partial charge in [-0.25, -0.2) is 0 Å². The van der Waals surface area contributed by atoms with E-state index in [0.717, 1.165) is 31.7 Å². The Kier molecular flexibility index (Phi) is 5.69. The largest absolute Gasteiger partial charge is 0.490 e. The SMILES string of the molecule is O=C(CC1CCNCC1)OCCOc1ccccc1. The lowest BCUT2D eigenvalue weighted by Gasteiger charge is -2.21. The van der Waals surface area contributed by atoms with Crippen LogP contribution in [0.5, 0.6) is 5.75 Å². The van der Waals surface area contributed by atoms with E-state index in [1.165, 1.54) is 0 Å². The van der Waals surface area contributed by atoms with Crippen LogP contribution >= 0.6 is 0 Å². The van der Waals surface area contributed by atoms with Crippen molar-refractivity contribution in [1.82, 2.24) is 5.32 Å². The van der Waals surface area contributed by atoms with Crippen molar-refractivity contribution < 1.29 is 14.3 Å². The van der Waals surface area contributed by atoms with Gasteiger partial charge in [0, 0.05) is 6.42 Å². The van der Waals surface area contributed by atoms with E-state index in [2.05, 4.69) is 5.32 Å². The molecule has 0 amide bonds. The topological polar surface area (TPSA) is 47.6 Å². The summed E-state index contributed by atoms with van der Waals surface area (Å²) in [5.74, 6) is 1.17. The van der Waals surface area contributed by atoms with E-state index in [9.17, 15) is 4.79 Å². The fourth-order valence-electron chi connectivity index (χ4n) is 2.21. The number of para-hydroxylation sites is 1. The van der Waals surface area contributed by atoms with Crippen LogP contribution in [0, 0.1) is 5.92 Å². The molecule has 0 unspecified atom stereocenters. The molecule has 0 bridgehead atoms. The third-order valence-corrected chi connectivity index (χ3v) is 3.27. The van der Waals surface area contributed by atoms with Crippen molar-refractivity contribution in [2.24, 2.45) is 5.92 Å². The summed E-state index contributed by atoms with van der Waals surface area (Å²) in [7, 11) is 0. The summed E-state index contributed by atoms with van der Waals surface area (Å²) in [5, 5.41) is 3.29. The van der Waals surface area contributed by atoms with Gasteiger partial charge in [-0.15, -0.1) is 0 Å².